The lowest BCUT2D eigenvalue weighted by atomic mass is 9.77. The Bertz CT molecular complexity index is 456. The maximum atomic E-state index is 12.5. The van der Waals surface area contributed by atoms with Gasteiger partial charge in [-0.2, -0.15) is 0 Å². The van der Waals surface area contributed by atoms with Crippen LogP contribution in [0, 0.1) is 5.41 Å². The highest BCUT2D eigenvalue weighted by atomic mass is 79.9. The van der Waals surface area contributed by atoms with Gasteiger partial charge in [0.2, 0.25) is 5.91 Å². The molecule has 5 heteroatoms. The van der Waals surface area contributed by atoms with E-state index in [0.29, 0.717) is 11.2 Å². The average molecular weight is 329 g/mol. The van der Waals surface area contributed by atoms with Crippen LogP contribution in [0.1, 0.15) is 32.4 Å². The Kier molecular flexibility index (Phi) is 4.36. The van der Waals surface area contributed by atoms with Gasteiger partial charge in [0.25, 0.3) is 0 Å². The van der Waals surface area contributed by atoms with Crippen molar-refractivity contribution in [2.75, 3.05) is 13.6 Å². The summed E-state index contributed by atoms with van der Waals surface area (Å²) in [6.07, 6.45) is 2.21. The first-order valence-corrected chi connectivity index (χ1v) is 7.42. The van der Waals surface area contributed by atoms with E-state index < -0.39 is 0 Å². The molecule has 19 heavy (non-hydrogen) atoms. The number of carbonyl (C=O) groups excluding carboxylic acids is 1. The molecule has 106 valence electrons. The first-order chi connectivity index (χ1) is 8.90. The number of hydrogen-bond acceptors (Lipinski definition) is 3. The monoisotopic (exact) mass is 328 g/mol. The van der Waals surface area contributed by atoms with Gasteiger partial charge in [-0.25, -0.2) is 0 Å². The molecule has 1 amide bonds. The number of piperidine rings is 1. The lowest BCUT2D eigenvalue weighted by Crippen LogP contribution is -2.55. The Morgan fingerprint density at radius 1 is 1.58 bits per heavy atom. The van der Waals surface area contributed by atoms with Crippen LogP contribution in [0.2, 0.25) is 0 Å². The highest BCUT2D eigenvalue weighted by molar-refractivity contribution is 9.10. The summed E-state index contributed by atoms with van der Waals surface area (Å²) >= 11 is 3.27. The third kappa shape index (κ3) is 3.39. The van der Waals surface area contributed by atoms with E-state index in [1.165, 1.54) is 0 Å². The molecule has 1 saturated heterocycles. The summed E-state index contributed by atoms with van der Waals surface area (Å²) in [5.74, 6) is 0.925. The molecule has 1 aromatic rings. The van der Waals surface area contributed by atoms with Gasteiger partial charge in [0, 0.05) is 7.05 Å². The van der Waals surface area contributed by atoms with E-state index in [1.807, 2.05) is 19.2 Å². The number of likely N-dealkylation sites (N-methyl/N-ethyl adjacent to an activating group) is 1. The fourth-order valence-corrected chi connectivity index (χ4v) is 2.94. The van der Waals surface area contributed by atoms with Gasteiger partial charge in [-0.15, -0.1) is 0 Å². The molecule has 1 fully saturated rings. The summed E-state index contributed by atoms with van der Waals surface area (Å²) in [6.45, 7) is 5.72. The molecule has 1 atom stereocenters. The molecule has 2 rings (SSSR count). The molecule has 1 unspecified atom stereocenters. The second kappa shape index (κ2) is 5.67. The topological polar surface area (TPSA) is 45.5 Å². The molecule has 4 nitrogen and oxygen atoms in total. The maximum Gasteiger partial charge on any atom is 0.240 e. The van der Waals surface area contributed by atoms with Crippen molar-refractivity contribution in [2.24, 2.45) is 5.41 Å². The quantitative estimate of drug-likeness (QED) is 0.927. The van der Waals surface area contributed by atoms with Crippen LogP contribution in [0.3, 0.4) is 0 Å². The van der Waals surface area contributed by atoms with Crippen LogP contribution < -0.4 is 5.32 Å². The largest absolute Gasteiger partial charge is 0.452 e. The van der Waals surface area contributed by atoms with Gasteiger partial charge in [0.05, 0.1) is 12.6 Å². The Balaban J connectivity index is 2.02. The fourth-order valence-electron chi connectivity index (χ4n) is 2.60. The number of amides is 1. The van der Waals surface area contributed by atoms with Gasteiger partial charge >= 0.3 is 0 Å². The minimum Gasteiger partial charge on any atom is -0.452 e. The summed E-state index contributed by atoms with van der Waals surface area (Å²) in [5, 5.41) is 3.35. The van der Waals surface area contributed by atoms with Crippen molar-refractivity contribution in [3.63, 3.8) is 0 Å². The van der Waals surface area contributed by atoms with Crippen LogP contribution >= 0.6 is 15.9 Å². The van der Waals surface area contributed by atoms with Crippen molar-refractivity contribution in [1.82, 2.24) is 10.2 Å². The van der Waals surface area contributed by atoms with E-state index in [2.05, 4.69) is 35.1 Å². The van der Waals surface area contributed by atoms with Crippen LogP contribution in [-0.4, -0.2) is 30.4 Å². The molecular weight excluding hydrogens is 308 g/mol. The van der Waals surface area contributed by atoms with Crippen molar-refractivity contribution in [1.29, 1.82) is 0 Å². The van der Waals surface area contributed by atoms with E-state index in [9.17, 15) is 4.79 Å². The van der Waals surface area contributed by atoms with E-state index in [4.69, 9.17) is 4.42 Å². The van der Waals surface area contributed by atoms with Crippen molar-refractivity contribution >= 4 is 21.8 Å². The number of rotatable bonds is 3. The SMILES string of the molecule is CN(Cc1ccc(Br)o1)C(=O)C1NCCCC1(C)C. The van der Waals surface area contributed by atoms with Gasteiger partial charge in [0.15, 0.2) is 4.67 Å². The predicted molar refractivity (Wildman–Crippen MR) is 77.7 cm³/mol. The standard InChI is InChI=1S/C14H21BrN2O2/c1-14(2)7-4-8-16-12(14)13(18)17(3)9-10-5-6-11(15)19-10/h5-6,12,16H,4,7-9H2,1-3H3. The number of carbonyl (C=O) groups is 1. The number of nitrogens with one attached hydrogen (secondary N) is 1. The van der Waals surface area contributed by atoms with Crippen molar-refractivity contribution < 1.29 is 9.21 Å². The predicted octanol–water partition coefficient (Wildman–Crippen LogP) is 2.78. The zero-order valence-corrected chi connectivity index (χ0v) is 13.3. The Hall–Kier alpha value is -0.810. The number of hydrogen-bond donors (Lipinski definition) is 1. The van der Waals surface area contributed by atoms with Crippen molar-refractivity contribution in [2.45, 2.75) is 39.3 Å². The lowest BCUT2D eigenvalue weighted by Gasteiger charge is -2.39. The summed E-state index contributed by atoms with van der Waals surface area (Å²) in [5.41, 5.74) is 0.00728. The van der Waals surface area contributed by atoms with Crippen LogP contribution in [0.5, 0.6) is 0 Å². The molecule has 2 heterocycles. The molecule has 1 aliphatic heterocycles. The fraction of sp³-hybridized carbons (Fsp3) is 0.643. The smallest absolute Gasteiger partial charge is 0.240 e. The van der Waals surface area contributed by atoms with Crippen molar-refractivity contribution in [3.05, 3.63) is 22.6 Å². The molecule has 1 N–H and O–H groups in total. The third-order valence-corrected chi connectivity index (χ3v) is 4.20. The van der Waals surface area contributed by atoms with E-state index in [0.717, 1.165) is 25.1 Å². The maximum absolute atomic E-state index is 12.5. The van der Waals surface area contributed by atoms with Crippen LogP contribution in [0.15, 0.2) is 21.2 Å². The van der Waals surface area contributed by atoms with Gasteiger partial charge in [-0.05, 0) is 52.9 Å². The Morgan fingerprint density at radius 2 is 2.32 bits per heavy atom. The molecule has 0 aromatic carbocycles. The van der Waals surface area contributed by atoms with Crippen LogP contribution in [-0.2, 0) is 11.3 Å². The first kappa shape index (κ1) is 14.6. The summed E-state index contributed by atoms with van der Waals surface area (Å²) in [4.78, 5) is 14.3. The minimum absolute atomic E-state index is 0.00728. The highest BCUT2D eigenvalue weighted by Gasteiger charge is 2.38. The van der Waals surface area contributed by atoms with Gasteiger partial charge in [0.1, 0.15) is 5.76 Å². The Labute approximate surface area is 122 Å². The molecule has 0 aliphatic carbocycles. The summed E-state index contributed by atoms with van der Waals surface area (Å²) < 4.78 is 6.14. The molecule has 0 bridgehead atoms. The molecule has 0 saturated carbocycles. The average Bonchev–Trinajstić information content (AvgIpc) is 2.73. The zero-order chi connectivity index (χ0) is 14.0. The second-order valence-corrected chi connectivity index (χ2v) is 6.66. The van der Waals surface area contributed by atoms with Crippen LogP contribution in [0.4, 0.5) is 0 Å². The first-order valence-electron chi connectivity index (χ1n) is 6.63. The molecule has 1 aliphatic rings. The zero-order valence-electron chi connectivity index (χ0n) is 11.7. The number of furan rings is 1. The summed E-state index contributed by atoms with van der Waals surface area (Å²) in [6, 6.07) is 3.62. The molecule has 1 aromatic heterocycles. The van der Waals surface area contributed by atoms with E-state index >= 15 is 0 Å². The highest BCUT2D eigenvalue weighted by Crippen LogP contribution is 2.31. The normalized spacial score (nSPS) is 22.2. The number of nitrogens with zero attached hydrogens (tertiary/aromatic N) is 1. The van der Waals surface area contributed by atoms with Gasteiger partial charge in [-0.3, -0.25) is 4.79 Å². The molecular formula is C14H21BrN2O2. The number of halogens is 1. The summed E-state index contributed by atoms with van der Waals surface area (Å²) in [7, 11) is 1.82. The molecule has 0 spiro atoms. The van der Waals surface area contributed by atoms with E-state index in [-0.39, 0.29) is 17.4 Å². The van der Waals surface area contributed by atoms with Gasteiger partial charge < -0.3 is 14.6 Å². The Morgan fingerprint density at radius 3 is 2.89 bits per heavy atom. The molecule has 0 radical (unpaired) electrons. The second-order valence-electron chi connectivity index (χ2n) is 5.88. The van der Waals surface area contributed by atoms with Crippen molar-refractivity contribution in [3.8, 4) is 0 Å². The van der Waals surface area contributed by atoms with Gasteiger partial charge in [-0.1, -0.05) is 13.8 Å². The lowest BCUT2D eigenvalue weighted by molar-refractivity contribution is -0.136. The van der Waals surface area contributed by atoms with E-state index in [1.54, 1.807) is 4.90 Å². The minimum atomic E-state index is -0.107. The third-order valence-electron chi connectivity index (χ3n) is 3.77. The van der Waals surface area contributed by atoms with Crippen LogP contribution in [0.25, 0.3) is 0 Å².